The summed E-state index contributed by atoms with van der Waals surface area (Å²) in [5.74, 6) is -3.27. The Labute approximate surface area is 120 Å². The van der Waals surface area contributed by atoms with Crippen molar-refractivity contribution >= 4 is 31.3 Å². The highest BCUT2D eigenvalue weighted by Gasteiger charge is 2.21. The molecule has 112 valence electrons. The van der Waals surface area contributed by atoms with Gasteiger partial charge in [-0.2, -0.15) is 0 Å². The van der Waals surface area contributed by atoms with Gasteiger partial charge in [-0.05, 0) is 25.0 Å². The van der Waals surface area contributed by atoms with Gasteiger partial charge in [-0.25, -0.2) is 17.2 Å². The van der Waals surface area contributed by atoms with Crippen LogP contribution in [0.25, 0.3) is 0 Å². The molecule has 1 N–H and O–H groups in total. The minimum absolute atomic E-state index is 0.370. The molecule has 0 heterocycles. The third-order valence-corrected chi connectivity index (χ3v) is 4.24. The number of nitrogens with one attached hydrogen (secondary N) is 1. The van der Waals surface area contributed by atoms with Crippen molar-refractivity contribution in [1.29, 1.82) is 0 Å². The summed E-state index contributed by atoms with van der Waals surface area (Å²) in [5.41, 5.74) is -0.675. The molecule has 0 saturated carbocycles. The summed E-state index contributed by atoms with van der Waals surface area (Å²) in [7, 11) is 0.768. The summed E-state index contributed by atoms with van der Waals surface area (Å²) < 4.78 is 49.4. The van der Waals surface area contributed by atoms with Crippen LogP contribution in [-0.2, 0) is 13.8 Å². The van der Waals surface area contributed by atoms with Gasteiger partial charge in [-0.15, -0.1) is 0 Å². The molecule has 1 aromatic rings. The fourth-order valence-corrected chi connectivity index (χ4v) is 2.45. The Morgan fingerprint density at radius 1 is 1.25 bits per heavy atom. The zero-order valence-electron chi connectivity index (χ0n) is 10.9. The van der Waals surface area contributed by atoms with Crippen LogP contribution in [0.2, 0.25) is 0 Å². The second-order valence-corrected chi connectivity index (χ2v) is 6.77. The van der Waals surface area contributed by atoms with E-state index in [9.17, 15) is 22.0 Å². The molecule has 0 aliphatic rings. The molecule has 4 nitrogen and oxygen atoms in total. The van der Waals surface area contributed by atoms with Gasteiger partial charge in [0.25, 0.3) is 9.05 Å². The van der Waals surface area contributed by atoms with Gasteiger partial charge in [0.15, 0.2) is 11.6 Å². The van der Waals surface area contributed by atoms with Crippen molar-refractivity contribution in [2.45, 2.75) is 31.6 Å². The lowest BCUT2D eigenvalue weighted by Crippen LogP contribution is -2.23. The van der Waals surface area contributed by atoms with Gasteiger partial charge < -0.3 is 5.32 Å². The van der Waals surface area contributed by atoms with Crippen molar-refractivity contribution in [3.63, 3.8) is 0 Å². The Morgan fingerprint density at radius 3 is 2.05 bits per heavy atom. The zero-order chi connectivity index (χ0) is 15.5. The van der Waals surface area contributed by atoms with Crippen LogP contribution in [-0.4, -0.2) is 14.3 Å². The lowest BCUT2D eigenvalue weighted by Gasteiger charge is -2.14. The highest BCUT2D eigenvalue weighted by atomic mass is 35.7. The average Bonchev–Trinajstić information content (AvgIpc) is 2.33. The van der Waals surface area contributed by atoms with Crippen molar-refractivity contribution in [2.75, 3.05) is 5.32 Å². The SMILES string of the molecule is CCC(CC)C(=O)Nc1c(F)cc(S(=O)(=O)Cl)cc1F. The summed E-state index contributed by atoms with van der Waals surface area (Å²) in [6.45, 7) is 3.56. The first-order chi connectivity index (χ1) is 9.20. The predicted octanol–water partition coefficient (Wildman–Crippen LogP) is 3.27. The normalized spacial score (nSPS) is 11.7. The van der Waals surface area contributed by atoms with Gasteiger partial charge in [0.2, 0.25) is 5.91 Å². The van der Waals surface area contributed by atoms with E-state index in [0.717, 1.165) is 0 Å². The first-order valence-corrected chi connectivity index (χ1v) is 8.26. The van der Waals surface area contributed by atoms with Gasteiger partial charge in [0.05, 0.1) is 4.90 Å². The van der Waals surface area contributed by atoms with E-state index in [1.807, 2.05) is 0 Å². The van der Waals surface area contributed by atoms with Gasteiger partial charge in [-0.1, -0.05) is 13.8 Å². The number of hydrogen-bond donors (Lipinski definition) is 1. The minimum atomic E-state index is -4.24. The molecule has 0 unspecified atom stereocenters. The number of carbonyl (C=O) groups excluding carboxylic acids is 1. The highest BCUT2D eigenvalue weighted by molar-refractivity contribution is 8.13. The topological polar surface area (TPSA) is 63.2 Å². The molecular formula is C12H14ClF2NO3S. The molecule has 0 saturated heterocycles. The van der Waals surface area contributed by atoms with E-state index in [4.69, 9.17) is 10.7 Å². The van der Waals surface area contributed by atoms with Crippen LogP contribution in [0.4, 0.5) is 14.5 Å². The summed E-state index contributed by atoms with van der Waals surface area (Å²) >= 11 is 0. The van der Waals surface area contributed by atoms with Crippen LogP contribution >= 0.6 is 10.7 Å². The molecule has 8 heteroatoms. The molecule has 0 aliphatic carbocycles. The van der Waals surface area contributed by atoms with E-state index in [-0.39, 0.29) is 5.92 Å². The van der Waals surface area contributed by atoms with E-state index in [2.05, 4.69) is 5.32 Å². The number of anilines is 1. The molecule has 0 radical (unpaired) electrons. The standard InChI is InChI=1S/C12H14ClF2NO3S/c1-3-7(4-2)12(17)16-11-9(14)5-8(6-10(11)15)20(13,18)19/h5-7H,3-4H2,1-2H3,(H,16,17). The third kappa shape index (κ3) is 3.89. The van der Waals surface area contributed by atoms with E-state index in [1.165, 1.54) is 0 Å². The lowest BCUT2D eigenvalue weighted by atomic mass is 10.0. The molecule has 1 aromatic carbocycles. The monoisotopic (exact) mass is 325 g/mol. The summed E-state index contributed by atoms with van der Waals surface area (Å²) in [6, 6.07) is 1.13. The fraction of sp³-hybridized carbons (Fsp3) is 0.417. The molecule has 0 spiro atoms. The van der Waals surface area contributed by atoms with Gasteiger partial charge in [0, 0.05) is 16.6 Å². The Hall–Kier alpha value is -1.21. The maximum Gasteiger partial charge on any atom is 0.261 e. The van der Waals surface area contributed by atoms with Gasteiger partial charge >= 0.3 is 0 Å². The van der Waals surface area contributed by atoms with Crippen LogP contribution in [0.3, 0.4) is 0 Å². The maximum atomic E-state index is 13.7. The van der Waals surface area contributed by atoms with Crippen LogP contribution < -0.4 is 5.32 Å². The fourth-order valence-electron chi connectivity index (χ4n) is 1.69. The smallest absolute Gasteiger partial charge is 0.261 e. The Kier molecular flexibility index (Phi) is 5.47. The van der Waals surface area contributed by atoms with Crippen molar-refractivity contribution in [3.05, 3.63) is 23.8 Å². The van der Waals surface area contributed by atoms with Crippen molar-refractivity contribution < 1.29 is 22.0 Å². The first-order valence-electron chi connectivity index (χ1n) is 5.95. The summed E-state index contributed by atoms with van der Waals surface area (Å²) in [5, 5.41) is 2.13. The number of carbonyl (C=O) groups is 1. The number of halogens is 3. The zero-order valence-corrected chi connectivity index (χ0v) is 12.5. The summed E-state index contributed by atoms with van der Waals surface area (Å²) in [6.07, 6.45) is 1.05. The first kappa shape index (κ1) is 16.8. The second kappa shape index (κ2) is 6.49. The highest BCUT2D eigenvalue weighted by Crippen LogP contribution is 2.26. The Morgan fingerprint density at radius 2 is 1.70 bits per heavy atom. The molecule has 0 aliphatic heterocycles. The average molecular weight is 326 g/mol. The van der Waals surface area contributed by atoms with E-state index >= 15 is 0 Å². The molecule has 1 amide bonds. The Balaban J connectivity index is 3.13. The minimum Gasteiger partial charge on any atom is -0.321 e. The summed E-state index contributed by atoms with van der Waals surface area (Å²) in [4.78, 5) is 11.1. The molecule has 0 fully saturated rings. The maximum absolute atomic E-state index is 13.7. The van der Waals surface area contributed by atoms with Gasteiger partial charge in [-0.3, -0.25) is 4.79 Å². The van der Waals surface area contributed by atoms with Crippen molar-refractivity contribution in [1.82, 2.24) is 0 Å². The van der Waals surface area contributed by atoms with E-state index < -0.39 is 37.2 Å². The molecule has 0 atom stereocenters. The number of amides is 1. The molecule has 0 bridgehead atoms. The number of benzene rings is 1. The molecule has 0 aromatic heterocycles. The van der Waals surface area contributed by atoms with Crippen molar-refractivity contribution in [2.24, 2.45) is 5.92 Å². The molecular weight excluding hydrogens is 312 g/mol. The van der Waals surface area contributed by atoms with Crippen LogP contribution in [0.1, 0.15) is 26.7 Å². The van der Waals surface area contributed by atoms with Gasteiger partial charge in [0.1, 0.15) is 5.69 Å². The molecule has 20 heavy (non-hydrogen) atoms. The van der Waals surface area contributed by atoms with Crippen LogP contribution in [0.15, 0.2) is 17.0 Å². The van der Waals surface area contributed by atoms with E-state index in [1.54, 1.807) is 13.8 Å². The second-order valence-electron chi connectivity index (χ2n) is 4.20. The van der Waals surface area contributed by atoms with Crippen LogP contribution in [0.5, 0.6) is 0 Å². The van der Waals surface area contributed by atoms with E-state index in [0.29, 0.717) is 25.0 Å². The number of rotatable bonds is 5. The largest absolute Gasteiger partial charge is 0.321 e. The third-order valence-electron chi connectivity index (χ3n) is 2.90. The Bertz CT molecular complexity index is 592. The predicted molar refractivity (Wildman–Crippen MR) is 72.1 cm³/mol. The molecule has 1 rings (SSSR count). The number of hydrogen-bond acceptors (Lipinski definition) is 3. The lowest BCUT2D eigenvalue weighted by molar-refractivity contribution is -0.120. The van der Waals surface area contributed by atoms with Crippen LogP contribution in [0, 0.1) is 17.6 Å². The van der Waals surface area contributed by atoms with Crippen molar-refractivity contribution in [3.8, 4) is 0 Å². The quantitative estimate of drug-likeness (QED) is 0.845.